The summed E-state index contributed by atoms with van der Waals surface area (Å²) in [6, 6.07) is 3.51. The van der Waals surface area contributed by atoms with Gasteiger partial charge in [-0.15, -0.1) is 0 Å². The molecule has 0 spiro atoms. The lowest BCUT2D eigenvalue weighted by Crippen LogP contribution is -2.30. The van der Waals surface area contributed by atoms with E-state index in [1.165, 1.54) is 25.7 Å². The van der Waals surface area contributed by atoms with E-state index < -0.39 is 0 Å². The van der Waals surface area contributed by atoms with Gasteiger partial charge in [0.1, 0.15) is 0 Å². The molecule has 0 aromatic heterocycles. The molecule has 0 aliphatic heterocycles. The predicted octanol–water partition coefficient (Wildman–Crippen LogP) is 4.66. The highest BCUT2D eigenvalue weighted by molar-refractivity contribution is 8.00. The fourth-order valence-corrected chi connectivity index (χ4v) is 3.69. The van der Waals surface area contributed by atoms with Gasteiger partial charge in [0, 0.05) is 11.3 Å². The number of halogens is 2. The summed E-state index contributed by atoms with van der Waals surface area (Å²) in [7, 11) is 0. The van der Waals surface area contributed by atoms with Gasteiger partial charge in [-0.1, -0.05) is 36.0 Å². The average molecular weight is 305 g/mol. The molecule has 2 nitrogen and oxygen atoms in total. The van der Waals surface area contributed by atoms with Crippen molar-refractivity contribution in [1.82, 2.24) is 0 Å². The minimum atomic E-state index is 0.346. The van der Waals surface area contributed by atoms with Crippen molar-refractivity contribution in [3.8, 4) is 0 Å². The standard InChI is InChI=1S/C13H18Cl2N2S/c1-18-13(4-2-3-5-13)8-17-12-7-10(15)9(14)6-11(12)16/h6-7,17H,2-5,8,16H2,1H3. The van der Waals surface area contributed by atoms with E-state index in [-0.39, 0.29) is 0 Å². The molecule has 0 amide bonds. The van der Waals surface area contributed by atoms with Gasteiger partial charge in [0.2, 0.25) is 0 Å². The third-order valence-corrected chi connectivity index (χ3v) is 5.78. The minimum absolute atomic E-state index is 0.346. The number of hydrogen-bond donors (Lipinski definition) is 2. The van der Waals surface area contributed by atoms with Crippen molar-refractivity contribution in [1.29, 1.82) is 0 Å². The topological polar surface area (TPSA) is 38.0 Å². The second kappa shape index (κ2) is 5.81. The monoisotopic (exact) mass is 304 g/mol. The van der Waals surface area contributed by atoms with Crippen molar-refractivity contribution >= 4 is 46.3 Å². The summed E-state index contributed by atoms with van der Waals surface area (Å²) in [6.07, 6.45) is 7.36. The number of hydrogen-bond acceptors (Lipinski definition) is 3. The van der Waals surface area contributed by atoms with Gasteiger partial charge in [0.25, 0.3) is 0 Å². The number of benzene rings is 1. The Bertz CT molecular complexity index is 431. The molecule has 1 aromatic carbocycles. The van der Waals surface area contributed by atoms with E-state index in [0.29, 0.717) is 20.5 Å². The second-order valence-electron chi connectivity index (χ2n) is 4.80. The molecule has 0 unspecified atom stereocenters. The first kappa shape index (κ1) is 14.2. The van der Waals surface area contributed by atoms with Crippen LogP contribution in [0.5, 0.6) is 0 Å². The zero-order valence-electron chi connectivity index (χ0n) is 10.4. The molecular weight excluding hydrogens is 287 g/mol. The Balaban J connectivity index is 2.08. The molecule has 1 aliphatic rings. The SMILES string of the molecule is CSC1(CNc2cc(Cl)c(Cl)cc2N)CCCC1. The Morgan fingerprint density at radius 1 is 1.28 bits per heavy atom. The molecule has 0 bridgehead atoms. The molecular formula is C13H18Cl2N2S. The minimum Gasteiger partial charge on any atom is -0.397 e. The number of rotatable bonds is 4. The van der Waals surface area contributed by atoms with Gasteiger partial charge in [-0.25, -0.2) is 0 Å². The summed E-state index contributed by atoms with van der Waals surface area (Å²) in [5.74, 6) is 0. The van der Waals surface area contributed by atoms with Crippen molar-refractivity contribution in [2.24, 2.45) is 0 Å². The summed E-state index contributed by atoms with van der Waals surface area (Å²) >= 11 is 13.9. The lowest BCUT2D eigenvalue weighted by molar-refractivity contribution is 0.640. The fraction of sp³-hybridized carbons (Fsp3) is 0.538. The first-order valence-corrected chi connectivity index (χ1v) is 8.08. The largest absolute Gasteiger partial charge is 0.397 e. The molecule has 1 fully saturated rings. The van der Waals surface area contributed by atoms with Crippen LogP contribution in [0.15, 0.2) is 12.1 Å². The van der Waals surface area contributed by atoms with Gasteiger partial charge in [0.15, 0.2) is 0 Å². The zero-order valence-corrected chi connectivity index (χ0v) is 12.8. The van der Waals surface area contributed by atoms with Crippen LogP contribution in [0.2, 0.25) is 10.0 Å². The van der Waals surface area contributed by atoms with E-state index in [1.807, 2.05) is 17.8 Å². The summed E-state index contributed by atoms with van der Waals surface area (Å²) in [5, 5.41) is 4.47. The molecule has 1 aliphatic carbocycles. The molecule has 0 saturated heterocycles. The van der Waals surface area contributed by atoms with Gasteiger partial charge < -0.3 is 11.1 Å². The lowest BCUT2D eigenvalue weighted by atomic mass is 10.1. The number of nitrogen functional groups attached to an aromatic ring is 1. The van der Waals surface area contributed by atoms with E-state index >= 15 is 0 Å². The summed E-state index contributed by atoms with van der Waals surface area (Å²) < 4.78 is 0.346. The van der Waals surface area contributed by atoms with Gasteiger partial charge >= 0.3 is 0 Å². The first-order chi connectivity index (χ1) is 8.56. The molecule has 1 aromatic rings. The van der Waals surface area contributed by atoms with Crippen LogP contribution in [-0.4, -0.2) is 17.5 Å². The van der Waals surface area contributed by atoms with Gasteiger partial charge in [-0.05, 0) is 31.2 Å². The third-order valence-electron chi connectivity index (χ3n) is 3.64. The van der Waals surface area contributed by atoms with Crippen molar-refractivity contribution in [3.63, 3.8) is 0 Å². The van der Waals surface area contributed by atoms with Crippen molar-refractivity contribution < 1.29 is 0 Å². The quantitative estimate of drug-likeness (QED) is 0.794. The molecule has 1 saturated carbocycles. The Morgan fingerprint density at radius 3 is 2.50 bits per heavy atom. The van der Waals surface area contributed by atoms with E-state index in [9.17, 15) is 0 Å². The Hall–Kier alpha value is -0.250. The first-order valence-electron chi connectivity index (χ1n) is 6.10. The van der Waals surface area contributed by atoms with Crippen LogP contribution < -0.4 is 11.1 Å². The number of nitrogens with two attached hydrogens (primary N) is 1. The summed E-state index contributed by atoms with van der Waals surface area (Å²) in [4.78, 5) is 0. The maximum absolute atomic E-state index is 6.02. The van der Waals surface area contributed by atoms with E-state index in [0.717, 1.165) is 12.2 Å². The average Bonchev–Trinajstić information content (AvgIpc) is 2.82. The molecule has 5 heteroatoms. The molecule has 0 atom stereocenters. The zero-order chi connectivity index (χ0) is 13.2. The van der Waals surface area contributed by atoms with Crippen LogP contribution in [0.25, 0.3) is 0 Å². The highest BCUT2D eigenvalue weighted by Gasteiger charge is 2.32. The second-order valence-corrected chi connectivity index (χ2v) is 6.89. The Labute approximate surface area is 123 Å². The molecule has 0 heterocycles. The normalized spacial score (nSPS) is 17.9. The third kappa shape index (κ3) is 3.01. The van der Waals surface area contributed by atoms with Crippen LogP contribution in [0.3, 0.4) is 0 Å². The molecule has 3 N–H and O–H groups in total. The number of anilines is 2. The van der Waals surface area contributed by atoms with Crippen molar-refractivity contribution in [2.45, 2.75) is 30.4 Å². The molecule has 100 valence electrons. The van der Waals surface area contributed by atoms with E-state index in [4.69, 9.17) is 28.9 Å². The highest BCUT2D eigenvalue weighted by atomic mass is 35.5. The van der Waals surface area contributed by atoms with Gasteiger partial charge in [-0.2, -0.15) is 11.8 Å². The lowest BCUT2D eigenvalue weighted by Gasteiger charge is -2.28. The van der Waals surface area contributed by atoms with Gasteiger partial charge in [-0.3, -0.25) is 0 Å². The Kier molecular flexibility index (Phi) is 4.57. The maximum atomic E-state index is 6.02. The molecule has 18 heavy (non-hydrogen) atoms. The summed E-state index contributed by atoms with van der Waals surface area (Å²) in [6.45, 7) is 0.927. The van der Waals surface area contributed by atoms with Crippen LogP contribution in [0.1, 0.15) is 25.7 Å². The smallest absolute Gasteiger partial charge is 0.0614 e. The van der Waals surface area contributed by atoms with Crippen molar-refractivity contribution in [2.75, 3.05) is 23.9 Å². The maximum Gasteiger partial charge on any atom is 0.0614 e. The van der Waals surface area contributed by atoms with Crippen molar-refractivity contribution in [3.05, 3.63) is 22.2 Å². The van der Waals surface area contributed by atoms with E-state index in [2.05, 4.69) is 11.6 Å². The van der Waals surface area contributed by atoms with Crippen LogP contribution in [0, 0.1) is 0 Å². The van der Waals surface area contributed by atoms with Crippen LogP contribution in [-0.2, 0) is 0 Å². The number of thioether (sulfide) groups is 1. The summed E-state index contributed by atoms with van der Waals surface area (Å²) in [5.41, 5.74) is 7.48. The Morgan fingerprint density at radius 2 is 1.89 bits per heavy atom. The van der Waals surface area contributed by atoms with Crippen LogP contribution in [0.4, 0.5) is 11.4 Å². The fourth-order valence-electron chi connectivity index (χ4n) is 2.44. The van der Waals surface area contributed by atoms with E-state index in [1.54, 1.807) is 6.07 Å². The predicted molar refractivity (Wildman–Crippen MR) is 84.1 cm³/mol. The number of nitrogens with one attached hydrogen (secondary N) is 1. The van der Waals surface area contributed by atoms with Gasteiger partial charge in [0.05, 0.1) is 21.4 Å². The molecule has 2 rings (SSSR count). The van der Waals surface area contributed by atoms with Crippen LogP contribution >= 0.6 is 35.0 Å². The molecule has 0 radical (unpaired) electrons. The highest BCUT2D eigenvalue weighted by Crippen LogP contribution is 2.41.